The Bertz CT molecular complexity index is 891. The number of hydrogen-bond donors (Lipinski definition) is 1. The molecule has 124 valence electrons. The Morgan fingerprint density at radius 3 is 2.83 bits per heavy atom. The second kappa shape index (κ2) is 7.03. The average molecular weight is 348 g/mol. The topological polar surface area (TPSA) is 51.5 Å². The van der Waals surface area contributed by atoms with E-state index >= 15 is 0 Å². The van der Waals surface area contributed by atoms with Crippen molar-refractivity contribution < 1.29 is 18.3 Å². The van der Waals surface area contributed by atoms with E-state index in [4.69, 9.17) is 20.8 Å². The van der Waals surface area contributed by atoms with Crippen LogP contribution in [0.4, 0.5) is 10.1 Å². The highest BCUT2D eigenvalue weighted by Gasteiger charge is 2.21. The summed E-state index contributed by atoms with van der Waals surface area (Å²) in [5, 5.41) is 3.56. The summed E-state index contributed by atoms with van der Waals surface area (Å²) in [6.07, 6.45) is 0. The van der Waals surface area contributed by atoms with Crippen LogP contribution in [0.5, 0.6) is 0 Å². The monoisotopic (exact) mass is 347 g/mol. The fourth-order valence-electron chi connectivity index (χ4n) is 2.40. The molecule has 0 bridgehead atoms. The number of halogens is 2. The van der Waals surface area contributed by atoms with Crippen molar-refractivity contribution in [1.82, 2.24) is 0 Å². The van der Waals surface area contributed by atoms with E-state index in [1.54, 1.807) is 6.07 Å². The zero-order chi connectivity index (χ0) is 17.1. The number of nitrogens with one attached hydrogen (secondary N) is 1. The maximum atomic E-state index is 13.9. The summed E-state index contributed by atoms with van der Waals surface area (Å²) in [5.74, 6) is -1.04. The molecule has 24 heavy (non-hydrogen) atoms. The van der Waals surface area contributed by atoms with E-state index < -0.39 is 11.7 Å². The molecule has 0 radical (unpaired) electrons. The molecule has 3 rings (SSSR count). The van der Waals surface area contributed by atoms with Gasteiger partial charge in [-0.05, 0) is 31.2 Å². The molecule has 0 saturated carbocycles. The Balaban J connectivity index is 1.96. The molecule has 0 fully saturated rings. The second-order valence-electron chi connectivity index (χ2n) is 5.12. The van der Waals surface area contributed by atoms with Gasteiger partial charge in [-0.1, -0.05) is 29.8 Å². The van der Waals surface area contributed by atoms with Crippen LogP contribution < -0.4 is 5.32 Å². The lowest BCUT2D eigenvalue weighted by atomic mass is 10.1. The molecule has 1 N–H and O–H groups in total. The molecular formula is C18H15ClFNO3. The third-order valence-corrected chi connectivity index (χ3v) is 3.77. The van der Waals surface area contributed by atoms with Gasteiger partial charge in [0.05, 0.1) is 12.3 Å². The molecule has 0 atom stereocenters. The van der Waals surface area contributed by atoms with Crippen LogP contribution in [0.25, 0.3) is 11.0 Å². The van der Waals surface area contributed by atoms with Crippen molar-refractivity contribution in [1.29, 1.82) is 0 Å². The van der Waals surface area contributed by atoms with Crippen molar-refractivity contribution in [2.24, 2.45) is 0 Å². The van der Waals surface area contributed by atoms with Crippen LogP contribution in [-0.2, 0) is 11.3 Å². The summed E-state index contributed by atoms with van der Waals surface area (Å²) in [6, 6.07) is 11.3. The van der Waals surface area contributed by atoms with Gasteiger partial charge in [-0.25, -0.2) is 4.39 Å². The number of amides is 1. The highest BCUT2D eigenvalue weighted by atomic mass is 35.5. The number of carbonyl (C=O) groups is 1. The molecule has 3 aromatic rings. The van der Waals surface area contributed by atoms with Gasteiger partial charge in [0.2, 0.25) is 0 Å². The number of furan rings is 1. The molecule has 1 amide bonds. The van der Waals surface area contributed by atoms with Crippen LogP contribution in [0.15, 0.2) is 46.9 Å². The predicted octanol–water partition coefficient (Wildman–Crippen LogP) is 5.01. The SMILES string of the molecule is CCOCc1c(C(=O)Nc2ccc(Cl)cc2F)oc2ccccc12. The van der Waals surface area contributed by atoms with Crippen LogP contribution in [0.1, 0.15) is 23.0 Å². The normalized spacial score (nSPS) is 11.0. The van der Waals surface area contributed by atoms with Crippen LogP contribution in [0, 0.1) is 5.82 Å². The number of hydrogen-bond acceptors (Lipinski definition) is 3. The summed E-state index contributed by atoms with van der Waals surface area (Å²) < 4.78 is 25.0. The van der Waals surface area contributed by atoms with Crippen molar-refractivity contribution in [3.05, 3.63) is 64.6 Å². The van der Waals surface area contributed by atoms with Crippen LogP contribution >= 0.6 is 11.6 Å². The fourth-order valence-corrected chi connectivity index (χ4v) is 2.56. The zero-order valence-corrected chi connectivity index (χ0v) is 13.7. The molecule has 1 aromatic heterocycles. The Hall–Kier alpha value is -2.37. The van der Waals surface area contributed by atoms with E-state index in [-0.39, 0.29) is 23.1 Å². The molecule has 0 saturated heterocycles. The third kappa shape index (κ3) is 3.27. The minimum absolute atomic E-state index is 0.0345. The van der Waals surface area contributed by atoms with E-state index in [0.717, 1.165) is 11.5 Å². The summed E-state index contributed by atoms with van der Waals surface area (Å²) in [5.41, 5.74) is 1.25. The molecule has 2 aromatic carbocycles. The molecule has 0 aliphatic rings. The quantitative estimate of drug-likeness (QED) is 0.705. The first-order valence-corrected chi connectivity index (χ1v) is 7.82. The lowest BCUT2D eigenvalue weighted by molar-refractivity contribution is 0.0984. The van der Waals surface area contributed by atoms with Gasteiger partial charge in [0, 0.05) is 22.6 Å². The summed E-state index contributed by atoms with van der Waals surface area (Å²) in [4.78, 5) is 12.5. The molecule has 0 aliphatic heterocycles. The molecule has 4 nitrogen and oxygen atoms in total. The van der Waals surface area contributed by atoms with Crippen molar-refractivity contribution in [3.63, 3.8) is 0 Å². The van der Waals surface area contributed by atoms with E-state index in [1.165, 1.54) is 12.1 Å². The van der Waals surface area contributed by atoms with Crippen LogP contribution in [0.2, 0.25) is 5.02 Å². The lowest BCUT2D eigenvalue weighted by Gasteiger charge is -2.07. The highest BCUT2D eigenvalue weighted by molar-refractivity contribution is 6.30. The molecular weight excluding hydrogens is 333 g/mol. The van der Waals surface area contributed by atoms with E-state index in [0.29, 0.717) is 17.8 Å². The number of benzene rings is 2. The second-order valence-corrected chi connectivity index (χ2v) is 5.56. The Kier molecular flexibility index (Phi) is 4.83. The van der Waals surface area contributed by atoms with E-state index in [2.05, 4.69) is 5.32 Å². The number of anilines is 1. The molecule has 1 heterocycles. The first-order chi connectivity index (χ1) is 11.6. The van der Waals surface area contributed by atoms with Gasteiger partial charge < -0.3 is 14.5 Å². The Labute approximate surface area is 143 Å². The van der Waals surface area contributed by atoms with Crippen LogP contribution in [-0.4, -0.2) is 12.5 Å². The van der Waals surface area contributed by atoms with Crippen molar-refractivity contribution >= 4 is 34.2 Å². The van der Waals surface area contributed by atoms with Gasteiger partial charge in [0.15, 0.2) is 5.76 Å². The van der Waals surface area contributed by atoms with Gasteiger partial charge >= 0.3 is 0 Å². The maximum Gasteiger partial charge on any atom is 0.291 e. The number of para-hydroxylation sites is 1. The third-order valence-electron chi connectivity index (χ3n) is 3.53. The van der Waals surface area contributed by atoms with Crippen LogP contribution in [0.3, 0.4) is 0 Å². The first kappa shape index (κ1) is 16.5. The van der Waals surface area contributed by atoms with E-state index in [9.17, 15) is 9.18 Å². The van der Waals surface area contributed by atoms with Gasteiger partial charge in [-0.3, -0.25) is 4.79 Å². The largest absolute Gasteiger partial charge is 0.451 e. The Morgan fingerprint density at radius 2 is 2.08 bits per heavy atom. The van der Waals surface area contributed by atoms with Crippen molar-refractivity contribution in [3.8, 4) is 0 Å². The summed E-state index contributed by atoms with van der Waals surface area (Å²) in [6.45, 7) is 2.61. The van der Waals surface area contributed by atoms with Crippen molar-refractivity contribution in [2.45, 2.75) is 13.5 Å². The lowest BCUT2D eigenvalue weighted by Crippen LogP contribution is -2.14. The number of fused-ring (bicyclic) bond motifs is 1. The average Bonchev–Trinajstić information content (AvgIpc) is 2.94. The van der Waals surface area contributed by atoms with Crippen molar-refractivity contribution in [2.75, 3.05) is 11.9 Å². The number of carbonyl (C=O) groups excluding carboxylic acids is 1. The minimum atomic E-state index is -0.613. The Morgan fingerprint density at radius 1 is 1.29 bits per heavy atom. The number of ether oxygens (including phenoxy) is 1. The van der Waals surface area contributed by atoms with E-state index in [1.807, 2.05) is 25.1 Å². The molecule has 0 unspecified atom stereocenters. The molecule has 0 aliphatic carbocycles. The molecule has 0 spiro atoms. The zero-order valence-electron chi connectivity index (χ0n) is 12.9. The minimum Gasteiger partial charge on any atom is -0.451 e. The number of rotatable bonds is 5. The maximum absolute atomic E-state index is 13.9. The van der Waals surface area contributed by atoms with Gasteiger partial charge in [-0.2, -0.15) is 0 Å². The van der Waals surface area contributed by atoms with Gasteiger partial charge in [0.1, 0.15) is 11.4 Å². The smallest absolute Gasteiger partial charge is 0.291 e. The van der Waals surface area contributed by atoms with Gasteiger partial charge in [-0.15, -0.1) is 0 Å². The first-order valence-electron chi connectivity index (χ1n) is 7.44. The predicted molar refractivity (Wildman–Crippen MR) is 90.9 cm³/mol. The fraction of sp³-hybridized carbons (Fsp3) is 0.167. The highest BCUT2D eigenvalue weighted by Crippen LogP contribution is 2.28. The standard InChI is InChI=1S/C18H15ClFNO3/c1-2-23-10-13-12-5-3-4-6-16(12)24-17(13)18(22)21-15-8-7-11(19)9-14(15)20/h3-9H,2,10H2,1H3,(H,21,22). The summed E-state index contributed by atoms with van der Waals surface area (Å²) >= 11 is 5.72. The molecule has 6 heteroatoms. The van der Waals surface area contributed by atoms with Gasteiger partial charge in [0.25, 0.3) is 5.91 Å². The summed E-state index contributed by atoms with van der Waals surface area (Å²) in [7, 11) is 0.